The molecule has 2 aliphatic heterocycles. The van der Waals surface area contributed by atoms with Crippen molar-refractivity contribution in [2.75, 3.05) is 18.5 Å². The third kappa shape index (κ3) is 1.60. The highest BCUT2D eigenvalue weighted by molar-refractivity contribution is 5.92. The number of carbonyl (C=O) groups excluding carboxylic acids is 1. The van der Waals surface area contributed by atoms with Crippen LogP contribution in [0.1, 0.15) is 18.4 Å². The lowest BCUT2D eigenvalue weighted by molar-refractivity contribution is -0.116. The Balaban J connectivity index is 2.04. The van der Waals surface area contributed by atoms with E-state index in [9.17, 15) is 4.79 Å². The molecule has 4 heteroatoms. The average molecular weight is 219 g/mol. The average Bonchev–Trinajstić information content (AvgIpc) is 2.46. The van der Waals surface area contributed by atoms with Crippen molar-refractivity contribution in [2.24, 2.45) is 0 Å². The summed E-state index contributed by atoms with van der Waals surface area (Å²) in [7, 11) is 0. The number of carbonyl (C=O) groups is 1. The van der Waals surface area contributed by atoms with Gasteiger partial charge < -0.3 is 14.8 Å². The number of aryl methyl sites for hydroxylation is 1. The van der Waals surface area contributed by atoms with Gasteiger partial charge in [0.1, 0.15) is 13.2 Å². The molecule has 0 aliphatic carbocycles. The lowest BCUT2D eigenvalue weighted by Crippen LogP contribution is -2.16. The van der Waals surface area contributed by atoms with Gasteiger partial charge in [-0.1, -0.05) is 0 Å². The summed E-state index contributed by atoms with van der Waals surface area (Å²) in [6.45, 7) is 1.16. The van der Waals surface area contributed by atoms with Crippen LogP contribution in [0.3, 0.4) is 0 Å². The summed E-state index contributed by atoms with van der Waals surface area (Å²) < 4.78 is 11.0. The number of hydrogen-bond donors (Lipinski definition) is 1. The zero-order chi connectivity index (χ0) is 11.0. The summed E-state index contributed by atoms with van der Waals surface area (Å²) in [6, 6.07) is 3.85. The number of ether oxygens (including phenoxy) is 2. The zero-order valence-corrected chi connectivity index (χ0v) is 8.91. The largest absolute Gasteiger partial charge is 0.486 e. The first-order valence-electron chi connectivity index (χ1n) is 5.55. The molecule has 1 N–H and O–H groups in total. The van der Waals surface area contributed by atoms with Gasteiger partial charge in [-0.05, 0) is 24.5 Å². The van der Waals surface area contributed by atoms with Crippen molar-refractivity contribution in [3.05, 3.63) is 17.7 Å². The Morgan fingerprint density at radius 1 is 1.06 bits per heavy atom. The van der Waals surface area contributed by atoms with Gasteiger partial charge in [0.05, 0.1) is 0 Å². The summed E-state index contributed by atoms with van der Waals surface area (Å²) in [5.74, 6) is 1.60. The highest BCUT2D eigenvalue weighted by Gasteiger charge is 2.19. The van der Waals surface area contributed by atoms with Crippen molar-refractivity contribution in [3.63, 3.8) is 0 Å². The van der Waals surface area contributed by atoms with Crippen LogP contribution >= 0.6 is 0 Å². The van der Waals surface area contributed by atoms with E-state index in [1.165, 1.54) is 0 Å². The van der Waals surface area contributed by atoms with Crippen LogP contribution in [0, 0.1) is 0 Å². The predicted molar refractivity (Wildman–Crippen MR) is 59.0 cm³/mol. The molecule has 0 aromatic heterocycles. The Bertz CT molecular complexity index is 442. The summed E-state index contributed by atoms with van der Waals surface area (Å²) in [5, 5.41) is 2.90. The van der Waals surface area contributed by atoms with Gasteiger partial charge in [-0.15, -0.1) is 0 Å². The van der Waals surface area contributed by atoms with E-state index in [4.69, 9.17) is 9.47 Å². The molecule has 1 aromatic carbocycles. The molecule has 0 radical (unpaired) electrons. The number of rotatable bonds is 0. The maximum Gasteiger partial charge on any atom is 0.224 e. The monoisotopic (exact) mass is 219 g/mol. The summed E-state index contributed by atoms with van der Waals surface area (Å²) in [5.41, 5.74) is 2.00. The highest BCUT2D eigenvalue weighted by atomic mass is 16.6. The molecule has 2 heterocycles. The van der Waals surface area contributed by atoms with Crippen LogP contribution in [0.15, 0.2) is 12.1 Å². The number of amides is 1. The minimum absolute atomic E-state index is 0.0791. The smallest absolute Gasteiger partial charge is 0.224 e. The Kier molecular flexibility index (Phi) is 2.20. The molecule has 0 unspecified atom stereocenters. The van der Waals surface area contributed by atoms with Crippen LogP contribution in [-0.4, -0.2) is 19.1 Å². The fourth-order valence-corrected chi connectivity index (χ4v) is 2.11. The molecule has 0 saturated heterocycles. The van der Waals surface area contributed by atoms with E-state index in [1.54, 1.807) is 0 Å². The summed E-state index contributed by atoms with van der Waals surface area (Å²) in [6.07, 6.45) is 2.38. The molecule has 4 nitrogen and oxygen atoms in total. The van der Waals surface area contributed by atoms with Crippen molar-refractivity contribution < 1.29 is 14.3 Å². The topological polar surface area (TPSA) is 47.6 Å². The molecule has 0 bridgehead atoms. The van der Waals surface area contributed by atoms with Crippen LogP contribution in [0.4, 0.5) is 5.69 Å². The van der Waals surface area contributed by atoms with E-state index in [2.05, 4.69) is 5.32 Å². The van der Waals surface area contributed by atoms with Crippen molar-refractivity contribution >= 4 is 11.6 Å². The van der Waals surface area contributed by atoms with Gasteiger partial charge in [-0.25, -0.2) is 0 Å². The molecular weight excluding hydrogens is 206 g/mol. The molecule has 16 heavy (non-hydrogen) atoms. The molecule has 1 aromatic rings. The van der Waals surface area contributed by atoms with E-state index >= 15 is 0 Å². The van der Waals surface area contributed by atoms with E-state index in [-0.39, 0.29) is 5.91 Å². The SMILES string of the molecule is O=C1CCCc2cc3c(cc2N1)OCCO3. The van der Waals surface area contributed by atoms with E-state index < -0.39 is 0 Å². The first-order chi connectivity index (χ1) is 7.83. The number of benzene rings is 1. The van der Waals surface area contributed by atoms with E-state index in [0.29, 0.717) is 19.6 Å². The predicted octanol–water partition coefficient (Wildman–Crippen LogP) is 1.73. The van der Waals surface area contributed by atoms with Gasteiger partial charge in [-0.3, -0.25) is 4.79 Å². The fourth-order valence-electron chi connectivity index (χ4n) is 2.11. The number of hydrogen-bond acceptors (Lipinski definition) is 3. The van der Waals surface area contributed by atoms with Gasteiger partial charge in [0.15, 0.2) is 11.5 Å². The van der Waals surface area contributed by atoms with E-state index in [1.807, 2.05) is 12.1 Å². The Morgan fingerprint density at radius 3 is 2.62 bits per heavy atom. The highest BCUT2D eigenvalue weighted by Crippen LogP contribution is 2.37. The molecule has 0 spiro atoms. The second-order valence-electron chi connectivity index (χ2n) is 4.05. The van der Waals surface area contributed by atoms with Crippen LogP contribution in [0.2, 0.25) is 0 Å². The molecule has 2 aliphatic rings. The minimum Gasteiger partial charge on any atom is -0.486 e. The maximum atomic E-state index is 11.4. The minimum atomic E-state index is 0.0791. The number of nitrogens with one attached hydrogen (secondary N) is 1. The van der Waals surface area contributed by atoms with Crippen molar-refractivity contribution in [1.29, 1.82) is 0 Å². The molecule has 3 rings (SSSR count). The van der Waals surface area contributed by atoms with Crippen LogP contribution in [0.25, 0.3) is 0 Å². The first kappa shape index (κ1) is 9.51. The van der Waals surface area contributed by atoms with Crippen LogP contribution in [0.5, 0.6) is 11.5 Å². The first-order valence-corrected chi connectivity index (χ1v) is 5.55. The summed E-state index contributed by atoms with van der Waals surface area (Å²) in [4.78, 5) is 11.4. The third-order valence-corrected chi connectivity index (χ3v) is 2.89. The number of fused-ring (bicyclic) bond motifs is 2. The van der Waals surface area contributed by atoms with Crippen molar-refractivity contribution in [3.8, 4) is 11.5 Å². The third-order valence-electron chi connectivity index (χ3n) is 2.89. The normalized spacial score (nSPS) is 18.4. The molecule has 0 saturated carbocycles. The van der Waals surface area contributed by atoms with Gasteiger partial charge in [0.25, 0.3) is 0 Å². The number of anilines is 1. The van der Waals surface area contributed by atoms with Crippen molar-refractivity contribution in [1.82, 2.24) is 0 Å². The van der Waals surface area contributed by atoms with Crippen LogP contribution < -0.4 is 14.8 Å². The molecule has 84 valence electrons. The van der Waals surface area contributed by atoms with Gasteiger partial charge >= 0.3 is 0 Å². The lowest BCUT2D eigenvalue weighted by Gasteiger charge is -2.20. The van der Waals surface area contributed by atoms with Crippen LogP contribution in [-0.2, 0) is 11.2 Å². The lowest BCUT2D eigenvalue weighted by atomic mass is 10.1. The zero-order valence-electron chi connectivity index (χ0n) is 8.91. The second kappa shape index (κ2) is 3.70. The summed E-state index contributed by atoms with van der Waals surface area (Å²) >= 11 is 0. The quantitative estimate of drug-likeness (QED) is 0.723. The maximum absolute atomic E-state index is 11.4. The standard InChI is InChI=1S/C12H13NO3/c14-12-3-1-2-8-6-10-11(7-9(8)13-12)16-5-4-15-10/h6-7H,1-5H2,(H,13,14). The Hall–Kier alpha value is -1.71. The molecule has 0 atom stereocenters. The Labute approximate surface area is 93.5 Å². The van der Waals surface area contributed by atoms with Gasteiger partial charge in [-0.2, -0.15) is 0 Å². The second-order valence-corrected chi connectivity index (χ2v) is 4.05. The Morgan fingerprint density at radius 2 is 1.81 bits per heavy atom. The molecule has 1 amide bonds. The molecule has 0 fully saturated rings. The van der Waals surface area contributed by atoms with E-state index in [0.717, 1.165) is 35.6 Å². The van der Waals surface area contributed by atoms with Gasteiger partial charge in [0, 0.05) is 18.2 Å². The van der Waals surface area contributed by atoms with Crippen molar-refractivity contribution in [2.45, 2.75) is 19.3 Å². The molecular formula is C12H13NO3. The van der Waals surface area contributed by atoms with Gasteiger partial charge in [0.2, 0.25) is 5.91 Å². The fraction of sp³-hybridized carbons (Fsp3) is 0.417.